The van der Waals surface area contributed by atoms with Crippen molar-refractivity contribution in [2.24, 2.45) is 5.92 Å². The predicted molar refractivity (Wildman–Crippen MR) is 114 cm³/mol. The van der Waals surface area contributed by atoms with Gasteiger partial charge >= 0.3 is 12.0 Å². The van der Waals surface area contributed by atoms with Crippen molar-refractivity contribution in [2.75, 3.05) is 32.5 Å². The number of carbonyl (C=O) groups is 3. The number of rotatable bonds is 5. The zero-order valence-electron chi connectivity index (χ0n) is 17.3. The van der Waals surface area contributed by atoms with E-state index >= 15 is 0 Å². The van der Waals surface area contributed by atoms with Crippen LogP contribution in [0.25, 0.3) is 0 Å². The Morgan fingerprint density at radius 1 is 0.967 bits per heavy atom. The second-order valence-electron chi connectivity index (χ2n) is 7.52. The number of ether oxygens (including phenoxy) is 1. The number of hydrogen-bond acceptors (Lipinski definition) is 4. The van der Waals surface area contributed by atoms with E-state index in [4.69, 9.17) is 4.74 Å². The van der Waals surface area contributed by atoms with E-state index in [-0.39, 0.29) is 17.9 Å². The van der Waals surface area contributed by atoms with Gasteiger partial charge in [0.2, 0.25) is 6.10 Å². The van der Waals surface area contributed by atoms with E-state index < -0.39 is 12.1 Å². The number of piperidine rings is 1. The number of hydrogen-bond donors (Lipinski definition) is 1. The first-order valence-electron chi connectivity index (χ1n) is 10.0. The summed E-state index contributed by atoms with van der Waals surface area (Å²) in [5.74, 6) is -1.02. The minimum atomic E-state index is -0.965. The highest BCUT2D eigenvalue weighted by atomic mass is 16.5. The maximum Gasteiger partial charge on any atom is 0.321 e. The lowest BCUT2D eigenvalue weighted by molar-refractivity contribution is -0.164. The number of anilines is 1. The second-order valence-corrected chi connectivity index (χ2v) is 7.52. The van der Waals surface area contributed by atoms with Gasteiger partial charge in [0.1, 0.15) is 0 Å². The van der Waals surface area contributed by atoms with Gasteiger partial charge in [0.05, 0.1) is 5.92 Å². The van der Waals surface area contributed by atoms with Crippen LogP contribution in [0.5, 0.6) is 0 Å². The molecule has 2 aromatic rings. The number of urea groups is 1. The Hall–Kier alpha value is -3.35. The van der Waals surface area contributed by atoms with E-state index in [1.165, 1.54) is 4.90 Å². The van der Waals surface area contributed by atoms with Crippen LogP contribution in [0.15, 0.2) is 60.7 Å². The summed E-state index contributed by atoms with van der Waals surface area (Å²) in [7, 11) is 3.27. The van der Waals surface area contributed by atoms with Crippen LogP contribution < -0.4 is 5.32 Å². The van der Waals surface area contributed by atoms with Crippen LogP contribution in [-0.2, 0) is 14.3 Å². The SMILES string of the molecule is CN(C)C(=O)[C@H](OC(=O)C1CCN(C(=O)Nc2ccccc2)CC1)c1ccccc1. The molecule has 30 heavy (non-hydrogen) atoms. The highest BCUT2D eigenvalue weighted by Gasteiger charge is 2.33. The van der Waals surface area contributed by atoms with Crippen molar-refractivity contribution < 1.29 is 19.1 Å². The molecule has 1 heterocycles. The van der Waals surface area contributed by atoms with Gasteiger partial charge in [0.25, 0.3) is 5.91 Å². The number of benzene rings is 2. The predicted octanol–water partition coefficient (Wildman–Crippen LogP) is 3.30. The van der Waals surface area contributed by atoms with Crippen LogP contribution in [-0.4, -0.2) is 54.9 Å². The molecule has 1 fully saturated rings. The molecule has 1 atom stereocenters. The smallest absolute Gasteiger partial charge is 0.321 e. The number of nitrogens with one attached hydrogen (secondary N) is 1. The van der Waals surface area contributed by atoms with Gasteiger partial charge in [-0.3, -0.25) is 9.59 Å². The van der Waals surface area contributed by atoms with Crippen LogP contribution in [0.2, 0.25) is 0 Å². The van der Waals surface area contributed by atoms with Gasteiger partial charge in [-0.1, -0.05) is 48.5 Å². The third-order valence-corrected chi connectivity index (χ3v) is 5.14. The van der Waals surface area contributed by atoms with Crippen LogP contribution in [0.3, 0.4) is 0 Å². The zero-order valence-corrected chi connectivity index (χ0v) is 17.3. The fraction of sp³-hybridized carbons (Fsp3) is 0.348. The van der Waals surface area contributed by atoms with E-state index in [1.54, 1.807) is 31.1 Å². The van der Waals surface area contributed by atoms with Crippen molar-refractivity contribution in [3.63, 3.8) is 0 Å². The molecule has 0 bridgehead atoms. The maximum atomic E-state index is 12.8. The maximum absolute atomic E-state index is 12.8. The Labute approximate surface area is 176 Å². The molecule has 1 saturated heterocycles. The van der Waals surface area contributed by atoms with Gasteiger partial charge in [-0.2, -0.15) is 0 Å². The molecule has 158 valence electrons. The number of esters is 1. The number of amides is 3. The summed E-state index contributed by atoms with van der Waals surface area (Å²) in [4.78, 5) is 40.9. The molecule has 0 aromatic heterocycles. The fourth-order valence-corrected chi connectivity index (χ4v) is 3.38. The molecule has 0 radical (unpaired) electrons. The van der Waals surface area contributed by atoms with E-state index in [2.05, 4.69) is 5.32 Å². The van der Waals surface area contributed by atoms with Gasteiger partial charge in [-0.25, -0.2) is 4.79 Å². The summed E-state index contributed by atoms with van der Waals surface area (Å²) in [5.41, 5.74) is 1.38. The molecule has 0 aliphatic carbocycles. The molecule has 7 nitrogen and oxygen atoms in total. The minimum absolute atomic E-state index is 0.182. The van der Waals surface area contributed by atoms with Crippen LogP contribution in [0.1, 0.15) is 24.5 Å². The normalized spacial score (nSPS) is 15.2. The summed E-state index contributed by atoms with van der Waals surface area (Å²) < 4.78 is 5.64. The molecule has 3 rings (SSSR count). The van der Waals surface area contributed by atoms with Gasteiger partial charge in [-0.05, 0) is 25.0 Å². The Morgan fingerprint density at radius 3 is 2.10 bits per heavy atom. The number of likely N-dealkylation sites (N-methyl/N-ethyl adjacent to an activating group) is 1. The van der Waals surface area contributed by atoms with Crippen molar-refractivity contribution in [1.29, 1.82) is 0 Å². The van der Waals surface area contributed by atoms with E-state index in [0.29, 0.717) is 31.5 Å². The highest BCUT2D eigenvalue weighted by Crippen LogP contribution is 2.25. The zero-order chi connectivity index (χ0) is 21.5. The molecule has 0 unspecified atom stereocenters. The standard InChI is InChI=1S/C23H27N3O4/c1-25(2)21(27)20(17-9-5-3-6-10-17)30-22(28)18-13-15-26(16-14-18)23(29)24-19-11-7-4-8-12-19/h3-12,18,20H,13-16H2,1-2H3,(H,24,29)/t20-/m1/s1. The van der Waals surface area contributed by atoms with Gasteiger partial charge in [-0.15, -0.1) is 0 Å². The van der Waals surface area contributed by atoms with Crippen molar-refractivity contribution in [3.05, 3.63) is 66.2 Å². The summed E-state index contributed by atoms with van der Waals surface area (Å²) in [6, 6.07) is 18.1. The minimum Gasteiger partial charge on any atom is -0.447 e. The van der Waals surface area contributed by atoms with Crippen LogP contribution in [0, 0.1) is 5.92 Å². The lowest BCUT2D eigenvalue weighted by Gasteiger charge is -2.32. The molecule has 1 N–H and O–H groups in total. The summed E-state index contributed by atoms with van der Waals surface area (Å²) in [6.45, 7) is 0.909. The first kappa shape index (κ1) is 21.4. The van der Waals surface area contributed by atoms with Gasteiger partial charge in [0, 0.05) is 38.4 Å². The Kier molecular flexibility index (Phi) is 7.06. The molecular formula is C23H27N3O4. The first-order valence-corrected chi connectivity index (χ1v) is 10.0. The monoisotopic (exact) mass is 409 g/mol. The molecule has 7 heteroatoms. The third-order valence-electron chi connectivity index (χ3n) is 5.14. The number of para-hydroxylation sites is 1. The quantitative estimate of drug-likeness (QED) is 0.769. The van der Waals surface area contributed by atoms with Crippen molar-refractivity contribution in [2.45, 2.75) is 18.9 Å². The van der Waals surface area contributed by atoms with E-state index in [1.807, 2.05) is 48.5 Å². The van der Waals surface area contributed by atoms with Crippen molar-refractivity contribution >= 4 is 23.6 Å². The van der Waals surface area contributed by atoms with Crippen molar-refractivity contribution in [1.82, 2.24) is 9.80 Å². The van der Waals surface area contributed by atoms with Crippen LogP contribution >= 0.6 is 0 Å². The lowest BCUT2D eigenvalue weighted by Crippen LogP contribution is -2.43. The summed E-state index contributed by atoms with van der Waals surface area (Å²) in [6.07, 6.45) is 0.0327. The molecule has 0 saturated carbocycles. The Bertz CT molecular complexity index is 863. The highest BCUT2D eigenvalue weighted by molar-refractivity contribution is 5.89. The molecule has 3 amide bonds. The molecule has 1 aliphatic heterocycles. The topological polar surface area (TPSA) is 79.0 Å². The summed E-state index contributed by atoms with van der Waals surface area (Å²) >= 11 is 0. The third kappa shape index (κ3) is 5.37. The number of likely N-dealkylation sites (tertiary alicyclic amines) is 1. The lowest BCUT2D eigenvalue weighted by atomic mass is 9.97. The van der Waals surface area contributed by atoms with Gasteiger partial charge < -0.3 is 19.9 Å². The fourth-order valence-electron chi connectivity index (χ4n) is 3.38. The average molecular weight is 409 g/mol. The molecular weight excluding hydrogens is 382 g/mol. The first-order chi connectivity index (χ1) is 14.5. The molecule has 1 aliphatic rings. The van der Waals surface area contributed by atoms with Crippen LogP contribution in [0.4, 0.5) is 10.5 Å². The number of nitrogens with zero attached hydrogens (tertiary/aromatic N) is 2. The van der Waals surface area contributed by atoms with E-state index in [0.717, 1.165) is 5.69 Å². The Morgan fingerprint density at radius 2 is 1.53 bits per heavy atom. The Balaban J connectivity index is 1.57. The van der Waals surface area contributed by atoms with Gasteiger partial charge in [0.15, 0.2) is 0 Å². The second kappa shape index (κ2) is 9.91. The average Bonchev–Trinajstić information content (AvgIpc) is 2.78. The summed E-state index contributed by atoms with van der Waals surface area (Å²) in [5, 5.41) is 2.86. The largest absolute Gasteiger partial charge is 0.447 e. The molecule has 0 spiro atoms. The number of carbonyl (C=O) groups excluding carboxylic acids is 3. The van der Waals surface area contributed by atoms with E-state index in [9.17, 15) is 14.4 Å². The van der Waals surface area contributed by atoms with Crippen molar-refractivity contribution in [3.8, 4) is 0 Å². The molecule has 2 aromatic carbocycles.